The maximum absolute atomic E-state index is 13.7. The van der Waals surface area contributed by atoms with Crippen molar-refractivity contribution >= 4 is 18.2 Å². The van der Waals surface area contributed by atoms with E-state index < -0.39 is 0 Å². The van der Waals surface area contributed by atoms with Crippen molar-refractivity contribution in [3.05, 3.63) is 131 Å². The van der Waals surface area contributed by atoms with Crippen molar-refractivity contribution in [3.8, 4) is 11.1 Å². The Balaban J connectivity index is 1.27. The molecular formula is C37H39N3O3. The molecule has 0 spiro atoms. The van der Waals surface area contributed by atoms with Crippen LogP contribution in [0.5, 0.6) is 0 Å². The van der Waals surface area contributed by atoms with E-state index in [2.05, 4.69) is 24.3 Å². The molecule has 0 saturated carbocycles. The average molecular weight is 574 g/mol. The molecule has 1 aliphatic heterocycles. The fraction of sp³-hybridized carbons (Fsp3) is 0.270. The molecule has 5 rings (SSSR count). The van der Waals surface area contributed by atoms with Gasteiger partial charge in [0.25, 0.3) is 11.8 Å². The molecule has 0 aliphatic carbocycles. The van der Waals surface area contributed by atoms with Gasteiger partial charge in [0.15, 0.2) is 0 Å². The Hall–Kier alpha value is -4.71. The number of hydrogen-bond acceptors (Lipinski definition) is 3. The summed E-state index contributed by atoms with van der Waals surface area (Å²) in [6.45, 7) is 2.48. The lowest BCUT2D eigenvalue weighted by atomic mass is 10.0. The molecule has 0 radical (unpaired) electrons. The molecule has 0 bridgehead atoms. The van der Waals surface area contributed by atoms with Crippen LogP contribution in [-0.2, 0) is 17.6 Å². The molecule has 6 nitrogen and oxygen atoms in total. The van der Waals surface area contributed by atoms with Crippen LogP contribution in [0.2, 0.25) is 0 Å². The lowest BCUT2D eigenvalue weighted by molar-refractivity contribution is -0.119. The van der Waals surface area contributed by atoms with E-state index in [0.29, 0.717) is 30.8 Å². The quantitative estimate of drug-likeness (QED) is 0.196. The van der Waals surface area contributed by atoms with E-state index in [1.54, 1.807) is 4.90 Å². The number of hydrogen-bond donors (Lipinski definition) is 0. The summed E-state index contributed by atoms with van der Waals surface area (Å²) in [5.74, 6) is -0.0564. The summed E-state index contributed by atoms with van der Waals surface area (Å²) in [6.07, 6.45) is 4.33. The zero-order valence-corrected chi connectivity index (χ0v) is 24.8. The highest BCUT2D eigenvalue weighted by molar-refractivity contribution is 5.96. The minimum atomic E-state index is -0.0378. The predicted molar refractivity (Wildman–Crippen MR) is 171 cm³/mol. The normalized spacial score (nSPS) is 14.3. The molecule has 43 heavy (non-hydrogen) atoms. The maximum atomic E-state index is 13.7. The van der Waals surface area contributed by atoms with E-state index >= 15 is 0 Å². The number of rotatable bonds is 12. The van der Waals surface area contributed by atoms with Crippen LogP contribution in [0.1, 0.15) is 44.7 Å². The van der Waals surface area contributed by atoms with Gasteiger partial charge in [-0.2, -0.15) is 0 Å². The molecule has 1 fully saturated rings. The molecule has 1 saturated heterocycles. The van der Waals surface area contributed by atoms with Crippen LogP contribution < -0.4 is 0 Å². The van der Waals surface area contributed by atoms with Crippen molar-refractivity contribution in [3.63, 3.8) is 0 Å². The first-order chi connectivity index (χ1) is 21.0. The van der Waals surface area contributed by atoms with Crippen LogP contribution in [0.4, 0.5) is 0 Å². The monoisotopic (exact) mass is 573 g/mol. The van der Waals surface area contributed by atoms with Crippen LogP contribution in [0.3, 0.4) is 0 Å². The van der Waals surface area contributed by atoms with E-state index in [4.69, 9.17) is 0 Å². The average Bonchev–Trinajstić information content (AvgIpc) is 3.53. The number of amides is 3. The molecule has 1 atom stereocenters. The summed E-state index contributed by atoms with van der Waals surface area (Å²) in [5, 5.41) is 0. The van der Waals surface area contributed by atoms with E-state index in [-0.39, 0.29) is 17.9 Å². The van der Waals surface area contributed by atoms with Crippen molar-refractivity contribution in [2.45, 2.75) is 31.7 Å². The third-order valence-corrected chi connectivity index (χ3v) is 8.29. The standard InChI is InChI=1S/C37H39N3O3/c1-38(24-21-29-10-4-2-5-11-29)36(42)34-15-8-14-33(26-34)31-17-19-32(20-18-31)37(43)39(25-22-30-12-6-3-7-13-30)27-35-16-9-23-40(35)28-41/h2-8,10-15,17-20,26,28,35H,9,16,21-25,27H2,1H3. The summed E-state index contributed by atoms with van der Waals surface area (Å²) >= 11 is 0. The molecule has 1 aliphatic rings. The molecule has 6 heteroatoms. The summed E-state index contributed by atoms with van der Waals surface area (Å²) < 4.78 is 0. The Morgan fingerprint density at radius 1 is 0.744 bits per heavy atom. The molecule has 0 aromatic heterocycles. The SMILES string of the molecule is CN(CCc1ccccc1)C(=O)c1cccc(-c2ccc(C(=O)N(CCc3ccccc3)CC3CCCN3C=O)cc2)c1. The van der Waals surface area contributed by atoms with Crippen LogP contribution in [-0.4, -0.2) is 72.2 Å². The van der Waals surface area contributed by atoms with Crippen molar-refractivity contribution in [1.82, 2.24) is 14.7 Å². The van der Waals surface area contributed by atoms with E-state index in [1.165, 1.54) is 11.1 Å². The lowest BCUT2D eigenvalue weighted by Crippen LogP contribution is -2.43. The van der Waals surface area contributed by atoms with Crippen molar-refractivity contribution in [1.29, 1.82) is 0 Å². The lowest BCUT2D eigenvalue weighted by Gasteiger charge is -2.29. The first-order valence-corrected chi connectivity index (χ1v) is 15.1. The minimum absolute atomic E-state index is 0.0186. The Labute approximate surface area is 254 Å². The van der Waals surface area contributed by atoms with Crippen LogP contribution in [0, 0.1) is 0 Å². The Morgan fingerprint density at radius 2 is 1.40 bits per heavy atom. The topological polar surface area (TPSA) is 60.9 Å². The number of carbonyl (C=O) groups is 3. The first kappa shape index (κ1) is 29.8. The van der Waals surface area contributed by atoms with Gasteiger partial charge >= 0.3 is 0 Å². The van der Waals surface area contributed by atoms with Crippen LogP contribution in [0.25, 0.3) is 11.1 Å². The van der Waals surface area contributed by atoms with Crippen molar-refractivity contribution in [2.75, 3.05) is 33.2 Å². The molecule has 1 unspecified atom stereocenters. The largest absolute Gasteiger partial charge is 0.341 e. The number of carbonyl (C=O) groups excluding carboxylic acids is 3. The number of nitrogens with zero attached hydrogens (tertiary/aromatic N) is 3. The molecule has 4 aromatic rings. The van der Waals surface area contributed by atoms with E-state index in [1.807, 2.05) is 102 Å². The third-order valence-electron chi connectivity index (χ3n) is 8.29. The number of likely N-dealkylation sites (N-methyl/N-ethyl adjacent to an activating group) is 1. The zero-order valence-electron chi connectivity index (χ0n) is 24.8. The Morgan fingerprint density at radius 3 is 2.05 bits per heavy atom. The van der Waals surface area contributed by atoms with Crippen LogP contribution in [0.15, 0.2) is 109 Å². The van der Waals surface area contributed by atoms with Gasteiger partial charge in [0, 0.05) is 50.4 Å². The summed E-state index contributed by atoms with van der Waals surface area (Å²) in [5.41, 5.74) is 5.49. The summed E-state index contributed by atoms with van der Waals surface area (Å²) in [4.78, 5) is 44.0. The first-order valence-electron chi connectivity index (χ1n) is 15.1. The second-order valence-corrected chi connectivity index (χ2v) is 11.2. The van der Waals surface area contributed by atoms with Gasteiger partial charge < -0.3 is 14.7 Å². The van der Waals surface area contributed by atoms with Crippen molar-refractivity contribution < 1.29 is 14.4 Å². The third kappa shape index (κ3) is 7.77. The van der Waals surface area contributed by atoms with Gasteiger partial charge in [0.2, 0.25) is 6.41 Å². The maximum Gasteiger partial charge on any atom is 0.253 e. The second-order valence-electron chi connectivity index (χ2n) is 11.2. The molecule has 1 heterocycles. The van der Waals surface area contributed by atoms with Crippen LogP contribution >= 0.6 is 0 Å². The predicted octanol–water partition coefficient (Wildman–Crippen LogP) is 5.97. The second kappa shape index (κ2) is 14.5. The van der Waals surface area contributed by atoms with Gasteiger partial charge in [-0.05, 0) is 72.2 Å². The fourth-order valence-corrected chi connectivity index (χ4v) is 5.71. The Bertz CT molecular complexity index is 1510. The smallest absolute Gasteiger partial charge is 0.253 e. The Kier molecular flexibility index (Phi) is 10.0. The van der Waals surface area contributed by atoms with Gasteiger partial charge in [-0.25, -0.2) is 0 Å². The number of likely N-dealkylation sites (tertiary alicyclic amines) is 1. The fourth-order valence-electron chi connectivity index (χ4n) is 5.71. The van der Waals surface area contributed by atoms with Gasteiger partial charge in [-0.3, -0.25) is 14.4 Å². The highest BCUT2D eigenvalue weighted by Gasteiger charge is 2.27. The molecular weight excluding hydrogens is 534 g/mol. The van der Waals surface area contributed by atoms with E-state index in [0.717, 1.165) is 49.8 Å². The van der Waals surface area contributed by atoms with Gasteiger partial charge in [0.05, 0.1) is 0 Å². The summed E-state index contributed by atoms with van der Waals surface area (Å²) in [7, 11) is 1.84. The highest BCUT2D eigenvalue weighted by Crippen LogP contribution is 2.23. The zero-order chi connectivity index (χ0) is 30.0. The molecule has 3 amide bonds. The highest BCUT2D eigenvalue weighted by atomic mass is 16.2. The molecule has 0 N–H and O–H groups in total. The van der Waals surface area contributed by atoms with Crippen molar-refractivity contribution in [2.24, 2.45) is 0 Å². The van der Waals surface area contributed by atoms with E-state index in [9.17, 15) is 14.4 Å². The van der Waals surface area contributed by atoms with Gasteiger partial charge in [-0.1, -0.05) is 84.9 Å². The van der Waals surface area contributed by atoms with Gasteiger partial charge in [-0.15, -0.1) is 0 Å². The minimum Gasteiger partial charge on any atom is -0.341 e. The molecule has 220 valence electrons. The number of benzene rings is 4. The molecule has 4 aromatic carbocycles. The van der Waals surface area contributed by atoms with Gasteiger partial charge in [0.1, 0.15) is 0 Å². The summed E-state index contributed by atoms with van der Waals surface area (Å²) in [6, 6.07) is 35.6.